The van der Waals surface area contributed by atoms with Crippen molar-refractivity contribution >= 4 is 12.1 Å². The number of rotatable bonds is 6. The van der Waals surface area contributed by atoms with Gasteiger partial charge in [-0.1, -0.05) is 0 Å². The molecule has 0 aromatic heterocycles. The van der Waals surface area contributed by atoms with E-state index in [-0.39, 0.29) is 11.0 Å². The van der Waals surface area contributed by atoms with E-state index in [2.05, 4.69) is 71.2 Å². The van der Waals surface area contributed by atoms with Crippen LogP contribution in [0.1, 0.15) is 45.1 Å². The van der Waals surface area contributed by atoms with Crippen LogP contribution in [0.3, 0.4) is 0 Å². The molecule has 6 heteroatoms. The standard InChI is InChI=1S/C24H29IN3O2/c1-4-10-23(18(2)3)11-13-24(14-12-23,20-8-6-5-7-9-20)27-21-16-25-15-19(17-26-21)22(29)28-30/h4-10,15-17,27,30H,2,11-14H2,1,3H3,(H,28,29)/q-1/b10-4+. The molecule has 1 aliphatic heterocycles. The average Bonchev–Trinajstić information content (AvgIpc) is 3.01. The summed E-state index contributed by atoms with van der Waals surface area (Å²) in [5, 5.41) is 12.6. The average molecular weight is 518 g/mol. The van der Waals surface area contributed by atoms with Gasteiger partial charge in [0.25, 0.3) is 0 Å². The first-order valence-corrected chi connectivity index (χ1v) is 12.6. The van der Waals surface area contributed by atoms with Gasteiger partial charge in [0.15, 0.2) is 0 Å². The van der Waals surface area contributed by atoms with Gasteiger partial charge in [-0.25, -0.2) is 0 Å². The van der Waals surface area contributed by atoms with E-state index in [0.717, 1.165) is 31.5 Å². The molecule has 5 nitrogen and oxygen atoms in total. The molecule has 0 bridgehead atoms. The molecule has 1 saturated carbocycles. The Morgan fingerprint density at radius 3 is 2.50 bits per heavy atom. The van der Waals surface area contributed by atoms with Gasteiger partial charge in [-0.3, -0.25) is 0 Å². The molecule has 160 valence electrons. The number of hydrogen-bond donors (Lipinski definition) is 3. The number of allylic oxidation sites excluding steroid dienone is 3. The Labute approximate surface area is 189 Å². The summed E-state index contributed by atoms with van der Waals surface area (Å²) in [6, 6.07) is 10.5. The molecule has 0 radical (unpaired) electrons. The van der Waals surface area contributed by atoms with Crippen LogP contribution in [0.25, 0.3) is 0 Å². The Balaban J connectivity index is 1.88. The summed E-state index contributed by atoms with van der Waals surface area (Å²) in [7, 11) is 0. The van der Waals surface area contributed by atoms with Gasteiger partial charge < -0.3 is 0 Å². The summed E-state index contributed by atoms with van der Waals surface area (Å²) >= 11 is -0.499. The van der Waals surface area contributed by atoms with Gasteiger partial charge in [0.2, 0.25) is 0 Å². The molecule has 1 aliphatic carbocycles. The van der Waals surface area contributed by atoms with Crippen molar-refractivity contribution in [2.45, 2.75) is 45.1 Å². The summed E-state index contributed by atoms with van der Waals surface area (Å²) in [4.78, 5) is 16.3. The van der Waals surface area contributed by atoms with Crippen molar-refractivity contribution in [1.82, 2.24) is 10.8 Å². The van der Waals surface area contributed by atoms with Gasteiger partial charge >= 0.3 is 189 Å². The molecule has 1 fully saturated rings. The number of benzene rings is 1. The molecule has 1 heterocycles. The van der Waals surface area contributed by atoms with E-state index in [1.807, 2.05) is 10.1 Å². The Kier molecular flexibility index (Phi) is 7.31. The summed E-state index contributed by atoms with van der Waals surface area (Å²) < 4.78 is 3.95. The van der Waals surface area contributed by atoms with Gasteiger partial charge in [0.05, 0.1) is 0 Å². The fourth-order valence-electron chi connectivity index (χ4n) is 4.25. The maximum atomic E-state index is 11.7. The van der Waals surface area contributed by atoms with Gasteiger partial charge in [0, 0.05) is 0 Å². The third kappa shape index (κ3) is 4.75. The van der Waals surface area contributed by atoms with Crippen molar-refractivity contribution in [3.63, 3.8) is 0 Å². The molecule has 3 N–H and O–H groups in total. The molecule has 0 atom stereocenters. The van der Waals surface area contributed by atoms with Crippen molar-refractivity contribution in [2.24, 2.45) is 10.4 Å². The molecular formula is C24H29IN3O2-. The fraction of sp³-hybridized carbons (Fsp3) is 0.333. The second kappa shape index (κ2) is 9.75. The number of hydroxylamine groups is 1. The predicted molar refractivity (Wildman–Crippen MR) is 116 cm³/mol. The molecular weight excluding hydrogens is 489 g/mol. The van der Waals surface area contributed by atoms with Crippen molar-refractivity contribution in [3.05, 3.63) is 79.8 Å². The van der Waals surface area contributed by atoms with Gasteiger partial charge in [-0.05, 0) is 0 Å². The zero-order valence-corrected chi connectivity index (χ0v) is 19.6. The van der Waals surface area contributed by atoms with Gasteiger partial charge in [-0.15, -0.1) is 0 Å². The number of nitrogens with one attached hydrogen (secondary N) is 2. The summed E-state index contributed by atoms with van der Waals surface area (Å²) in [5.74, 6) is 0.263. The maximum absolute atomic E-state index is 11.7. The van der Waals surface area contributed by atoms with E-state index in [1.54, 1.807) is 5.48 Å². The zero-order chi connectivity index (χ0) is 21.6. The third-order valence-electron chi connectivity index (χ3n) is 6.08. The van der Waals surface area contributed by atoms with Crippen LogP contribution >= 0.6 is 0 Å². The van der Waals surface area contributed by atoms with Crippen molar-refractivity contribution in [2.75, 3.05) is 0 Å². The van der Waals surface area contributed by atoms with Crippen LogP contribution in [-0.2, 0) is 10.3 Å². The SMILES string of the molecule is C=C(C)C1(/C=C/C)CCC(NC2=C[I-]C=C(C(=O)NO)C=N2)(c2ccccc2)CC1. The topological polar surface area (TPSA) is 73.7 Å². The zero-order valence-electron chi connectivity index (χ0n) is 17.5. The number of amides is 1. The number of nitrogens with zero attached hydrogens (tertiary/aromatic N) is 1. The van der Waals surface area contributed by atoms with Gasteiger partial charge in [0.1, 0.15) is 0 Å². The first-order valence-electron chi connectivity index (χ1n) is 10.1. The van der Waals surface area contributed by atoms with Crippen molar-refractivity contribution < 1.29 is 31.2 Å². The summed E-state index contributed by atoms with van der Waals surface area (Å²) in [5.41, 5.74) is 4.35. The van der Waals surface area contributed by atoms with E-state index in [4.69, 9.17) is 5.21 Å². The van der Waals surface area contributed by atoms with E-state index in [0.29, 0.717) is 5.57 Å². The molecule has 1 aromatic rings. The molecule has 30 heavy (non-hydrogen) atoms. The summed E-state index contributed by atoms with van der Waals surface area (Å²) in [6.45, 7) is 8.49. The van der Waals surface area contributed by atoms with Crippen LogP contribution in [-0.4, -0.2) is 17.3 Å². The van der Waals surface area contributed by atoms with Gasteiger partial charge in [-0.2, -0.15) is 0 Å². The van der Waals surface area contributed by atoms with Crippen LogP contribution in [0.5, 0.6) is 0 Å². The molecule has 2 aliphatic rings. The van der Waals surface area contributed by atoms with Crippen molar-refractivity contribution in [3.8, 4) is 0 Å². The number of halogens is 1. The second-order valence-corrected chi connectivity index (χ2v) is 9.86. The predicted octanol–water partition coefficient (Wildman–Crippen LogP) is 1.55. The molecule has 1 amide bonds. The van der Waals surface area contributed by atoms with Crippen LogP contribution in [0, 0.1) is 5.41 Å². The van der Waals surface area contributed by atoms with Crippen LogP contribution < -0.4 is 32.0 Å². The van der Waals surface area contributed by atoms with E-state index < -0.39 is 27.1 Å². The number of aliphatic imine (C=N–C) groups is 1. The molecule has 0 unspecified atom stereocenters. The third-order valence-corrected chi connectivity index (χ3v) is 8.06. The number of hydrogen-bond acceptors (Lipinski definition) is 4. The monoisotopic (exact) mass is 518 g/mol. The summed E-state index contributed by atoms with van der Waals surface area (Å²) in [6.07, 6.45) is 9.90. The van der Waals surface area contributed by atoms with Crippen LogP contribution in [0.2, 0.25) is 0 Å². The number of carbonyl (C=O) groups is 1. The van der Waals surface area contributed by atoms with Crippen LogP contribution in [0.4, 0.5) is 0 Å². The Morgan fingerprint density at radius 1 is 1.20 bits per heavy atom. The second-order valence-electron chi connectivity index (χ2n) is 7.89. The molecule has 0 spiro atoms. The van der Waals surface area contributed by atoms with E-state index in [1.165, 1.54) is 17.4 Å². The Morgan fingerprint density at radius 2 is 1.90 bits per heavy atom. The first-order chi connectivity index (χ1) is 14.4. The Hall–Kier alpha value is -2.19. The van der Waals surface area contributed by atoms with E-state index in [9.17, 15) is 4.79 Å². The molecule has 1 aromatic carbocycles. The van der Waals surface area contributed by atoms with Crippen molar-refractivity contribution in [1.29, 1.82) is 0 Å². The fourth-order valence-corrected chi connectivity index (χ4v) is 5.92. The normalized spacial score (nSPS) is 26.8. The quantitative estimate of drug-likeness (QED) is 0.232. The van der Waals surface area contributed by atoms with E-state index >= 15 is 0 Å². The first kappa shape index (κ1) is 22.5. The molecule has 0 saturated heterocycles. The minimum atomic E-state index is -0.527. The Bertz CT molecular complexity index is 908. The van der Waals surface area contributed by atoms with Crippen LogP contribution in [0.15, 0.2) is 79.2 Å². The number of carbonyl (C=O) groups excluding carboxylic acids is 1. The molecule has 3 rings (SSSR count). The minimum absolute atomic E-state index is 0.0384.